The van der Waals surface area contributed by atoms with Gasteiger partial charge in [-0.1, -0.05) is 12.1 Å². The molecular weight excluding hydrogens is 367 g/mol. The van der Waals surface area contributed by atoms with E-state index in [4.69, 9.17) is 20.6 Å². The van der Waals surface area contributed by atoms with E-state index in [1.54, 1.807) is 31.4 Å². The summed E-state index contributed by atoms with van der Waals surface area (Å²) in [5, 5.41) is 7.06. The topological polar surface area (TPSA) is 111 Å². The third-order valence-electron chi connectivity index (χ3n) is 4.33. The van der Waals surface area contributed by atoms with E-state index >= 15 is 0 Å². The molecule has 1 aromatic heterocycles. The highest BCUT2D eigenvalue weighted by Gasteiger charge is 2.31. The second-order valence-electron chi connectivity index (χ2n) is 6.57. The van der Waals surface area contributed by atoms with Crippen LogP contribution in [-0.4, -0.2) is 35.6 Å². The molecule has 148 valence electrons. The summed E-state index contributed by atoms with van der Waals surface area (Å²) in [6.07, 6.45) is 1.17. The molecule has 1 aliphatic rings. The van der Waals surface area contributed by atoms with Crippen molar-refractivity contribution >= 4 is 17.5 Å². The van der Waals surface area contributed by atoms with Crippen LogP contribution in [-0.2, 0) is 23.2 Å². The minimum absolute atomic E-state index is 0.117. The van der Waals surface area contributed by atoms with Crippen LogP contribution in [0.25, 0.3) is 0 Å². The number of carbonyl (C=O) groups is 1. The Bertz CT molecular complexity index is 953. The lowest BCUT2D eigenvalue weighted by Crippen LogP contribution is -2.54. The lowest BCUT2D eigenvalue weighted by Gasteiger charge is -2.40. The number of carbonyl (C=O) groups excluding carboxylic acids is 1. The maximum absolute atomic E-state index is 14.7. The Hall–Kier alpha value is -3.36. The van der Waals surface area contributed by atoms with Crippen LogP contribution in [0.4, 0.5) is 10.1 Å². The highest BCUT2D eigenvalue weighted by atomic mass is 19.1. The Morgan fingerprint density at radius 1 is 1.32 bits per heavy atom. The minimum Gasteiger partial charge on any atom is -0.485 e. The average molecular weight is 388 g/mol. The van der Waals surface area contributed by atoms with Crippen molar-refractivity contribution in [3.8, 4) is 5.75 Å². The molecule has 3 N–H and O–H groups in total. The van der Waals surface area contributed by atoms with E-state index in [2.05, 4.69) is 0 Å². The van der Waals surface area contributed by atoms with E-state index in [1.165, 1.54) is 16.7 Å². The third kappa shape index (κ3) is 4.48. The number of hydrogen-bond donors (Lipinski definition) is 2. The van der Waals surface area contributed by atoms with Gasteiger partial charge >= 0.3 is 5.97 Å². The summed E-state index contributed by atoms with van der Waals surface area (Å²) in [6, 6.07) is 7.93. The van der Waals surface area contributed by atoms with Crippen LogP contribution in [0.5, 0.6) is 5.75 Å². The number of nitrogens with two attached hydrogens (primary N) is 1. The molecule has 1 aliphatic heterocycles. The third-order valence-corrected chi connectivity index (χ3v) is 4.33. The van der Waals surface area contributed by atoms with Crippen molar-refractivity contribution in [3.63, 3.8) is 0 Å². The van der Waals surface area contributed by atoms with Gasteiger partial charge in [-0.25, -0.2) is 4.39 Å². The molecule has 1 fully saturated rings. The van der Waals surface area contributed by atoms with Crippen molar-refractivity contribution in [2.45, 2.75) is 19.1 Å². The molecule has 3 rings (SSSR count). The first kappa shape index (κ1) is 19.4. The number of ether oxygens (including phenoxy) is 2. The van der Waals surface area contributed by atoms with Crippen molar-refractivity contribution in [1.82, 2.24) is 4.57 Å². The molecule has 28 heavy (non-hydrogen) atoms. The van der Waals surface area contributed by atoms with E-state index in [0.717, 1.165) is 0 Å². The number of hydrogen-bond acceptors (Lipinski definition) is 6. The van der Waals surface area contributed by atoms with E-state index in [0.29, 0.717) is 24.5 Å². The SMILES string of the molecule is Cn1cc(OC2CN(c3cccc(COC(=O)CC(=N)N)c3F)C2)ccc1=O. The number of nitrogens with one attached hydrogen (secondary N) is 1. The van der Waals surface area contributed by atoms with Gasteiger partial charge in [0, 0.05) is 24.9 Å². The van der Waals surface area contributed by atoms with Crippen LogP contribution in [0.15, 0.2) is 41.3 Å². The largest absolute Gasteiger partial charge is 0.485 e. The summed E-state index contributed by atoms with van der Waals surface area (Å²) >= 11 is 0. The normalized spacial score (nSPS) is 13.7. The number of aryl methyl sites for hydroxylation is 1. The van der Waals surface area contributed by atoms with Gasteiger partial charge in [0.2, 0.25) is 5.56 Å². The van der Waals surface area contributed by atoms with Gasteiger partial charge < -0.3 is 24.7 Å². The number of amidine groups is 1. The number of benzene rings is 1. The number of pyridine rings is 1. The van der Waals surface area contributed by atoms with E-state index in [-0.39, 0.29) is 36.1 Å². The second kappa shape index (κ2) is 8.12. The molecule has 0 radical (unpaired) electrons. The maximum atomic E-state index is 14.7. The zero-order valence-electron chi connectivity index (χ0n) is 15.4. The van der Waals surface area contributed by atoms with Gasteiger partial charge in [0.1, 0.15) is 30.7 Å². The predicted molar refractivity (Wildman–Crippen MR) is 101 cm³/mol. The summed E-state index contributed by atoms with van der Waals surface area (Å²) < 4.78 is 26.9. The first-order valence-corrected chi connectivity index (χ1v) is 8.67. The van der Waals surface area contributed by atoms with Gasteiger partial charge in [0.05, 0.1) is 18.8 Å². The van der Waals surface area contributed by atoms with Crippen LogP contribution >= 0.6 is 0 Å². The fourth-order valence-electron chi connectivity index (χ4n) is 2.83. The van der Waals surface area contributed by atoms with E-state index in [9.17, 15) is 14.0 Å². The number of nitrogens with zero attached hydrogens (tertiary/aromatic N) is 2. The Balaban J connectivity index is 1.58. The second-order valence-corrected chi connectivity index (χ2v) is 6.57. The van der Waals surface area contributed by atoms with Crippen LogP contribution in [0.2, 0.25) is 0 Å². The van der Waals surface area contributed by atoms with Crippen molar-refractivity contribution in [3.05, 3.63) is 58.3 Å². The van der Waals surface area contributed by atoms with E-state index < -0.39 is 11.8 Å². The van der Waals surface area contributed by atoms with Crippen LogP contribution < -0.4 is 20.9 Å². The molecule has 1 saturated heterocycles. The number of aromatic nitrogens is 1. The number of rotatable bonds is 7. The number of halogens is 1. The molecule has 0 atom stereocenters. The quantitative estimate of drug-likeness (QED) is 0.418. The monoisotopic (exact) mass is 388 g/mol. The molecule has 2 heterocycles. The van der Waals surface area contributed by atoms with Gasteiger partial charge in [-0.15, -0.1) is 0 Å². The number of esters is 1. The van der Waals surface area contributed by atoms with E-state index in [1.807, 2.05) is 4.90 Å². The van der Waals surface area contributed by atoms with Gasteiger partial charge in [0.15, 0.2) is 5.82 Å². The molecule has 0 amide bonds. The predicted octanol–water partition coefficient (Wildman–Crippen LogP) is 1.16. The Morgan fingerprint density at radius 3 is 2.75 bits per heavy atom. The molecule has 9 heteroatoms. The lowest BCUT2D eigenvalue weighted by molar-refractivity contribution is -0.143. The minimum atomic E-state index is -0.674. The van der Waals surface area contributed by atoms with Crippen molar-refractivity contribution in [2.75, 3.05) is 18.0 Å². The Kier molecular flexibility index (Phi) is 5.62. The molecule has 2 aromatic rings. The summed E-state index contributed by atoms with van der Waals surface area (Å²) in [6.45, 7) is 0.762. The Morgan fingerprint density at radius 2 is 2.07 bits per heavy atom. The molecule has 0 aliphatic carbocycles. The smallest absolute Gasteiger partial charge is 0.313 e. The maximum Gasteiger partial charge on any atom is 0.313 e. The summed E-state index contributed by atoms with van der Waals surface area (Å²) in [4.78, 5) is 24.7. The number of anilines is 1. The lowest BCUT2D eigenvalue weighted by atomic mass is 10.1. The summed E-state index contributed by atoms with van der Waals surface area (Å²) in [7, 11) is 1.65. The van der Waals surface area contributed by atoms with Crippen LogP contribution in [0, 0.1) is 11.2 Å². The molecule has 0 unspecified atom stereocenters. The van der Waals surface area contributed by atoms with Crippen LogP contribution in [0.3, 0.4) is 0 Å². The first-order chi connectivity index (χ1) is 13.3. The molecule has 0 bridgehead atoms. The average Bonchev–Trinajstić information content (AvgIpc) is 2.60. The molecule has 0 spiro atoms. The fraction of sp³-hybridized carbons (Fsp3) is 0.316. The summed E-state index contributed by atoms with van der Waals surface area (Å²) in [5.41, 5.74) is 5.67. The van der Waals surface area contributed by atoms with Crippen molar-refractivity contribution < 1.29 is 18.7 Å². The Labute approximate surface area is 160 Å². The van der Waals surface area contributed by atoms with Crippen molar-refractivity contribution in [1.29, 1.82) is 5.41 Å². The molecule has 1 aromatic carbocycles. The molecule has 8 nitrogen and oxygen atoms in total. The fourth-order valence-corrected chi connectivity index (χ4v) is 2.83. The summed E-state index contributed by atoms with van der Waals surface area (Å²) in [5.74, 6) is -0.853. The zero-order valence-corrected chi connectivity index (χ0v) is 15.4. The molecule has 0 saturated carbocycles. The van der Waals surface area contributed by atoms with Gasteiger partial charge in [0.25, 0.3) is 0 Å². The van der Waals surface area contributed by atoms with Gasteiger partial charge in [-0.05, 0) is 12.1 Å². The van der Waals surface area contributed by atoms with Gasteiger partial charge in [-0.3, -0.25) is 15.0 Å². The standard InChI is InChI=1S/C19H21FN4O4/c1-23-8-13(5-6-17(23)25)28-14-9-24(10-14)15-4-2-3-12(19(15)20)11-27-18(26)7-16(21)22/h2-6,8,14H,7,9-11H2,1H3,(H3,21,22). The molecular formula is C19H21FN4O4. The zero-order chi connectivity index (χ0) is 20.3. The highest BCUT2D eigenvalue weighted by molar-refractivity contribution is 5.94. The first-order valence-electron chi connectivity index (χ1n) is 8.67. The van der Waals surface area contributed by atoms with Crippen LogP contribution in [0.1, 0.15) is 12.0 Å². The van der Waals surface area contributed by atoms with Gasteiger partial charge in [-0.2, -0.15) is 0 Å². The highest BCUT2D eigenvalue weighted by Crippen LogP contribution is 2.28. The van der Waals surface area contributed by atoms with Crippen molar-refractivity contribution in [2.24, 2.45) is 12.8 Å².